The summed E-state index contributed by atoms with van der Waals surface area (Å²) in [5.74, 6) is 0.836. The SMILES string of the molecule is CC(Sc1ccc(C(F)(F)F)cn1)c1nnc(-c2cccs2)o1. The molecule has 1 atom stereocenters. The van der Waals surface area contributed by atoms with Gasteiger partial charge in [0.2, 0.25) is 5.89 Å². The third-order valence-corrected chi connectivity index (χ3v) is 4.78. The van der Waals surface area contributed by atoms with E-state index in [9.17, 15) is 13.2 Å². The van der Waals surface area contributed by atoms with E-state index in [1.54, 1.807) is 0 Å². The van der Waals surface area contributed by atoms with Crippen molar-refractivity contribution in [1.29, 1.82) is 0 Å². The molecule has 0 saturated heterocycles. The van der Waals surface area contributed by atoms with Crippen LogP contribution in [0.4, 0.5) is 13.2 Å². The van der Waals surface area contributed by atoms with Crippen LogP contribution in [0.25, 0.3) is 10.8 Å². The number of hydrogen-bond donors (Lipinski definition) is 0. The molecule has 0 aliphatic heterocycles. The number of alkyl halides is 3. The second-order valence-electron chi connectivity index (χ2n) is 4.57. The highest BCUT2D eigenvalue weighted by Gasteiger charge is 2.30. The molecule has 3 rings (SSSR count). The Morgan fingerprint density at radius 2 is 2.04 bits per heavy atom. The Hall–Kier alpha value is -1.87. The van der Waals surface area contributed by atoms with Gasteiger partial charge < -0.3 is 4.42 Å². The molecule has 23 heavy (non-hydrogen) atoms. The van der Waals surface area contributed by atoms with E-state index < -0.39 is 11.7 Å². The number of aromatic nitrogens is 3. The number of halogens is 3. The van der Waals surface area contributed by atoms with E-state index in [0.29, 0.717) is 16.8 Å². The Kier molecular flexibility index (Phi) is 4.40. The molecule has 4 nitrogen and oxygen atoms in total. The molecular formula is C14H10F3N3OS2. The van der Waals surface area contributed by atoms with Gasteiger partial charge in [-0.1, -0.05) is 17.8 Å². The lowest BCUT2D eigenvalue weighted by Gasteiger charge is -2.08. The number of hydrogen-bond acceptors (Lipinski definition) is 6. The number of thioether (sulfide) groups is 1. The van der Waals surface area contributed by atoms with Crippen molar-refractivity contribution in [3.05, 3.63) is 47.3 Å². The Morgan fingerprint density at radius 3 is 2.65 bits per heavy atom. The summed E-state index contributed by atoms with van der Waals surface area (Å²) in [5.41, 5.74) is -0.771. The molecule has 0 amide bonds. The van der Waals surface area contributed by atoms with Gasteiger partial charge in [-0.2, -0.15) is 13.2 Å². The summed E-state index contributed by atoms with van der Waals surface area (Å²) in [6, 6.07) is 6.10. The highest BCUT2D eigenvalue weighted by atomic mass is 32.2. The maximum absolute atomic E-state index is 12.5. The van der Waals surface area contributed by atoms with Gasteiger partial charge in [0, 0.05) is 6.20 Å². The van der Waals surface area contributed by atoms with Crippen LogP contribution in [-0.4, -0.2) is 15.2 Å². The average Bonchev–Trinajstić information content (AvgIpc) is 3.18. The second kappa shape index (κ2) is 6.32. The monoisotopic (exact) mass is 357 g/mol. The summed E-state index contributed by atoms with van der Waals surface area (Å²) in [5, 5.41) is 10.1. The van der Waals surface area contributed by atoms with Gasteiger partial charge in [-0.3, -0.25) is 0 Å². The number of rotatable bonds is 4. The van der Waals surface area contributed by atoms with Crippen LogP contribution in [0.15, 0.2) is 45.3 Å². The Balaban J connectivity index is 1.71. The van der Waals surface area contributed by atoms with Crippen molar-refractivity contribution >= 4 is 23.1 Å². The summed E-state index contributed by atoms with van der Waals surface area (Å²) in [6.45, 7) is 1.83. The molecule has 0 radical (unpaired) electrons. The predicted molar refractivity (Wildman–Crippen MR) is 81.1 cm³/mol. The fourth-order valence-corrected chi connectivity index (χ4v) is 3.21. The smallest absolute Gasteiger partial charge is 0.417 e. The number of thiophene rings is 1. The topological polar surface area (TPSA) is 51.8 Å². The van der Waals surface area contributed by atoms with Crippen LogP contribution in [-0.2, 0) is 6.18 Å². The zero-order valence-corrected chi connectivity index (χ0v) is 13.4. The minimum absolute atomic E-state index is 0.222. The molecule has 0 aliphatic carbocycles. The third kappa shape index (κ3) is 3.73. The summed E-state index contributed by atoms with van der Waals surface area (Å²) < 4.78 is 43.1. The molecule has 120 valence electrons. The molecule has 0 aromatic carbocycles. The van der Waals surface area contributed by atoms with Gasteiger partial charge >= 0.3 is 6.18 Å². The zero-order valence-electron chi connectivity index (χ0n) is 11.7. The summed E-state index contributed by atoms with van der Waals surface area (Å²) in [4.78, 5) is 4.69. The molecule has 0 spiro atoms. The van der Waals surface area contributed by atoms with Crippen molar-refractivity contribution < 1.29 is 17.6 Å². The van der Waals surface area contributed by atoms with Crippen LogP contribution in [0.3, 0.4) is 0 Å². The first-order chi connectivity index (χ1) is 10.9. The quantitative estimate of drug-likeness (QED) is 0.611. The lowest BCUT2D eigenvalue weighted by molar-refractivity contribution is -0.137. The van der Waals surface area contributed by atoms with Gasteiger partial charge in [-0.05, 0) is 30.5 Å². The van der Waals surface area contributed by atoms with E-state index in [0.717, 1.165) is 17.1 Å². The summed E-state index contributed by atoms with van der Waals surface area (Å²) >= 11 is 2.74. The number of pyridine rings is 1. The van der Waals surface area contributed by atoms with Gasteiger partial charge in [0.25, 0.3) is 5.89 Å². The second-order valence-corrected chi connectivity index (χ2v) is 6.87. The first kappa shape index (κ1) is 16.0. The largest absolute Gasteiger partial charge is 0.419 e. The lowest BCUT2D eigenvalue weighted by atomic mass is 10.3. The average molecular weight is 357 g/mol. The van der Waals surface area contributed by atoms with Crippen LogP contribution >= 0.6 is 23.1 Å². The summed E-state index contributed by atoms with van der Waals surface area (Å²) in [7, 11) is 0. The third-order valence-electron chi connectivity index (χ3n) is 2.88. The summed E-state index contributed by atoms with van der Waals surface area (Å²) in [6.07, 6.45) is -3.57. The lowest BCUT2D eigenvalue weighted by Crippen LogP contribution is -2.05. The van der Waals surface area contributed by atoms with Crippen LogP contribution in [0.1, 0.15) is 23.6 Å². The van der Waals surface area contributed by atoms with Crippen LogP contribution < -0.4 is 0 Å². The fraction of sp³-hybridized carbons (Fsp3) is 0.214. The van der Waals surface area contributed by atoms with Crippen molar-refractivity contribution in [2.75, 3.05) is 0 Å². The standard InChI is InChI=1S/C14H10F3N3OS2/c1-8(12-19-20-13(21-12)10-3-2-6-22-10)23-11-5-4-9(7-18-11)14(15,16)17/h2-8H,1H3. The van der Waals surface area contributed by atoms with E-state index in [4.69, 9.17) is 4.42 Å². The van der Waals surface area contributed by atoms with E-state index in [1.807, 2.05) is 24.4 Å². The number of nitrogens with zero attached hydrogens (tertiary/aromatic N) is 3. The molecule has 0 saturated carbocycles. The minimum Gasteiger partial charge on any atom is -0.419 e. The minimum atomic E-state index is -4.39. The zero-order chi connectivity index (χ0) is 16.4. The van der Waals surface area contributed by atoms with Crippen molar-refractivity contribution in [3.8, 4) is 10.8 Å². The first-order valence-corrected chi connectivity index (χ1v) is 8.26. The van der Waals surface area contributed by atoms with Gasteiger partial charge in [0.15, 0.2) is 0 Å². The Morgan fingerprint density at radius 1 is 1.22 bits per heavy atom. The molecule has 3 heterocycles. The van der Waals surface area contributed by atoms with Gasteiger partial charge in [-0.15, -0.1) is 21.5 Å². The normalized spacial score (nSPS) is 13.2. The van der Waals surface area contributed by atoms with E-state index in [1.165, 1.54) is 29.2 Å². The maximum atomic E-state index is 12.5. The van der Waals surface area contributed by atoms with Crippen molar-refractivity contribution in [3.63, 3.8) is 0 Å². The fourth-order valence-electron chi connectivity index (χ4n) is 1.75. The molecule has 0 bridgehead atoms. The van der Waals surface area contributed by atoms with Crippen molar-refractivity contribution in [2.24, 2.45) is 0 Å². The molecule has 1 unspecified atom stereocenters. The molecule has 0 aliphatic rings. The molecule has 3 aromatic heterocycles. The molecule has 3 aromatic rings. The Labute approximate surface area is 137 Å². The first-order valence-electron chi connectivity index (χ1n) is 6.50. The van der Waals surface area contributed by atoms with E-state index in [-0.39, 0.29) is 5.25 Å². The molecule has 9 heteroatoms. The highest BCUT2D eigenvalue weighted by Crippen LogP contribution is 2.36. The Bertz CT molecular complexity index is 769. The van der Waals surface area contributed by atoms with Gasteiger partial charge in [0.05, 0.1) is 20.7 Å². The maximum Gasteiger partial charge on any atom is 0.417 e. The van der Waals surface area contributed by atoms with Crippen LogP contribution in [0.5, 0.6) is 0 Å². The van der Waals surface area contributed by atoms with Crippen molar-refractivity contribution in [2.45, 2.75) is 23.4 Å². The van der Waals surface area contributed by atoms with Gasteiger partial charge in [-0.25, -0.2) is 4.98 Å². The van der Waals surface area contributed by atoms with E-state index in [2.05, 4.69) is 15.2 Å². The van der Waals surface area contributed by atoms with Crippen LogP contribution in [0, 0.1) is 0 Å². The molecular weight excluding hydrogens is 347 g/mol. The highest BCUT2D eigenvalue weighted by molar-refractivity contribution is 7.99. The van der Waals surface area contributed by atoms with Gasteiger partial charge in [0.1, 0.15) is 0 Å². The van der Waals surface area contributed by atoms with E-state index >= 15 is 0 Å². The van der Waals surface area contributed by atoms with Crippen molar-refractivity contribution in [1.82, 2.24) is 15.2 Å². The predicted octanol–water partition coefficient (Wildman–Crippen LogP) is 5.07. The van der Waals surface area contributed by atoms with Crippen LogP contribution in [0.2, 0.25) is 0 Å². The molecule has 0 N–H and O–H groups in total. The molecule has 0 fully saturated rings.